The maximum Gasteiger partial charge on any atom is 0.263 e. The molecule has 0 spiro atoms. The largest absolute Gasteiger partial charge is 0.504 e. The summed E-state index contributed by atoms with van der Waals surface area (Å²) in [6.45, 7) is 17.8. The first-order chi connectivity index (χ1) is 14.5. The van der Waals surface area contributed by atoms with Gasteiger partial charge in [0.1, 0.15) is 15.6 Å². The second-order valence-electron chi connectivity index (χ2n) is 8.09. The van der Waals surface area contributed by atoms with Crippen molar-refractivity contribution in [2.24, 2.45) is 5.92 Å². The Balaban J connectivity index is 1.66. The summed E-state index contributed by atoms with van der Waals surface area (Å²) in [6, 6.07) is 5.51. The smallest absolute Gasteiger partial charge is 0.263 e. The van der Waals surface area contributed by atoms with E-state index in [0.717, 1.165) is 35.9 Å². The Morgan fingerprint density at radius 3 is 2.80 bits per heavy atom. The summed E-state index contributed by atoms with van der Waals surface area (Å²) in [7, 11) is 0. The van der Waals surface area contributed by atoms with E-state index < -0.39 is 0 Å². The summed E-state index contributed by atoms with van der Waals surface area (Å²) in [5.41, 5.74) is 2.02. The van der Waals surface area contributed by atoms with Crippen LogP contribution in [0.15, 0.2) is 18.2 Å². The van der Waals surface area contributed by atoms with Gasteiger partial charge in [-0.05, 0) is 50.9 Å². The molecule has 30 heavy (non-hydrogen) atoms. The summed E-state index contributed by atoms with van der Waals surface area (Å²) in [5.74, 6) is 0.905. The van der Waals surface area contributed by atoms with Gasteiger partial charge in [0, 0.05) is 18.7 Å². The van der Waals surface area contributed by atoms with Crippen molar-refractivity contribution in [1.82, 2.24) is 15.2 Å². The molecular weight excluding hydrogens is 396 g/mol. The zero-order valence-corrected chi connectivity index (χ0v) is 18.8. The summed E-state index contributed by atoms with van der Waals surface area (Å²) >= 11 is 1.37. The Morgan fingerprint density at radius 1 is 1.33 bits per heavy atom. The van der Waals surface area contributed by atoms with Gasteiger partial charge in [-0.1, -0.05) is 26.3 Å². The topological polar surface area (TPSA) is 58.8 Å². The van der Waals surface area contributed by atoms with E-state index >= 15 is 0 Å². The number of hydrogen-bond acceptors (Lipinski definition) is 5. The van der Waals surface area contributed by atoms with Crippen molar-refractivity contribution >= 4 is 22.9 Å². The van der Waals surface area contributed by atoms with Gasteiger partial charge in [-0.3, -0.25) is 4.79 Å². The van der Waals surface area contributed by atoms with Crippen LogP contribution >= 0.6 is 11.3 Å². The standard InChI is InChI=1S/C23H30N4O2S/c1-16(2)15-29-20-9-8-18(14-19(20)24-4)23-26-17(3)21(30-23)22(28)25-10-13-27-11-6-5-7-12-27/h8-9,14,16H,5-7,10-13,15H2,1-3H3,(H,25,28). The highest BCUT2D eigenvalue weighted by atomic mass is 32.1. The quantitative estimate of drug-likeness (QED) is 0.609. The number of rotatable bonds is 8. The molecule has 1 fully saturated rings. The van der Waals surface area contributed by atoms with Crippen molar-refractivity contribution in [3.05, 3.63) is 40.2 Å². The number of nitrogens with zero attached hydrogens (tertiary/aromatic N) is 3. The Morgan fingerprint density at radius 2 is 2.10 bits per heavy atom. The van der Waals surface area contributed by atoms with Crippen LogP contribution < -0.4 is 10.1 Å². The lowest BCUT2D eigenvalue weighted by Gasteiger charge is -2.26. The fourth-order valence-corrected chi connectivity index (χ4v) is 4.42. The number of hydrogen-bond donors (Lipinski definition) is 1. The second-order valence-corrected chi connectivity index (χ2v) is 9.09. The number of benzene rings is 1. The number of carbonyl (C=O) groups excluding carboxylic acids is 1. The number of amides is 1. The molecule has 160 valence electrons. The van der Waals surface area contributed by atoms with Crippen LogP contribution in [0.1, 0.15) is 48.5 Å². The van der Waals surface area contributed by atoms with Crippen molar-refractivity contribution in [1.29, 1.82) is 0 Å². The molecule has 0 unspecified atom stereocenters. The number of thiazole rings is 1. The Hall–Kier alpha value is -2.43. The van der Waals surface area contributed by atoms with Gasteiger partial charge in [-0.25, -0.2) is 9.83 Å². The van der Waals surface area contributed by atoms with Gasteiger partial charge in [-0.2, -0.15) is 0 Å². The minimum Gasteiger partial charge on any atom is -0.504 e. The van der Waals surface area contributed by atoms with Gasteiger partial charge in [0.2, 0.25) is 5.69 Å². The SMILES string of the molecule is [C-]#[N+]c1cc(-c2nc(C)c(C(=O)NCCN3CCCCC3)s2)ccc1OCC(C)C. The first-order valence-corrected chi connectivity index (χ1v) is 11.4. The highest BCUT2D eigenvalue weighted by molar-refractivity contribution is 7.17. The Kier molecular flexibility index (Phi) is 7.83. The normalized spacial score (nSPS) is 14.5. The highest BCUT2D eigenvalue weighted by Crippen LogP contribution is 2.35. The fourth-order valence-electron chi connectivity index (χ4n) is 3.44. The van der Waals surface area contributed by atoms with Gasteiger partial charge in [0.15, 0.2) is 0 Å². The molecule has 0 atom stereocenters. The zero-order valence-electron chi connectivity index (χ0n) is 18.0. The highest BCUT2D eigenvalue weighted by Gasteiger charge is 2.18. The average Bonchev–Trinajstić information content (AvgIpc) is 3.14. The number of carbonyl (C=O) groups is 1. The number of piperidine rings is 1. The second kappa shape index (κ2) is 10.6. The van der Waals surface area contributed by atoms with E-state index in [9.17, 15) is 4.79 Å². The van der Waals surface area contributed by atoms with Crippen molar-refractivity contribution in [2.45, 2.75) is 40.0 Å². The summed E-state index contributed by atoms with van der Waals surface area (Å²) < 4.78 is 5.74. The molecule has 0 bridgehead atoms. The number of ether oxygens (including phenoxy) is 1. The van der Waals surface area contributed by atoms with E-state index in [4.69, 9.17) is 11.3 Å². The average molecular weight is 427 g/mol. The van der Waals surface area contributed by atoms with E-state index in [0.29, 0.717) is 35.4 Å². The van der Waals surface area contributed by atoms with E-state index in [1.807, 2.05) is 19.1 Å². The molecular formula is C23H30N4O2S. The van der Waals surface area contributed by atoms with Crippen molar-refractivity contribution < 1.29 is 9.53 Å². The third-order valence-electron chi connectivity index (χ3n) is 5.06. The molecule has 1 N–H and O–H groups in total. The Bertz CT molecular complexity index is 910. The maximum atomic E-state index is 12.7. The molecule has 1 aliphatic rings. The van der Waals surface area contributed by atoms with E-state index in [1.165, 1.54) is 30.6 Å². The molecule has 2 aromatic rings. The van der Waals surface area contributed by atoms with Crippen LogP contribution in [0.2, 0.25) is 0 Å². The lowest BCUT2D eigenvalue weighted by molar-refractivity contribution is 0.0950. The molecule has 1 aromatic carbocycles. The molecule has 1 amide bonds. The van der Waals surface area contributed by atoms with Crippen LogP contribution in [0.5, 0.6) is 5.75 Å². The monoisotopic (exact) mass is 426 g/mol. The number of aryl methyl sites for hydroxylation is 1. The molecule has 1 aliphatic heterocycles. The molecule has 1 saturated heterocycles. The maximum absolute atomic E-state index is 12.7. The van der Waals surface area contributed by atoms with Crippen LogP contribution in [-0.2, 0) is 0 Å². The molecule has 0 radical (unpaired) electrons. The van der Waals surface area contributed by atoms with E-state index in [1.54, 1.807) is 6.07 Å². The molecule has 0 saturated carbocycles. The molecule has 6 nitrogen and oxygen atoms in total. The predicted molar refractivity (Wildman–Crippen MR) is 122 cm³/mol. The molecule has 1 aromatic heterocycles. The summed E-state index contributed by atoms with van der Waals surface area (Å²) in [6.07, 6.45) is 3.81. The van der Waals surface area contributed by atoms with Gasteiger partial charge in [0.05, 0.1) is 18.9 Å². The Labute approximate surface area is 183 Å². The van der Waals surface area contributed by atoms with E-state index in [-0.39, 0.29) is 5.91 Å². The lowest BCUT2D eigenvalue weighted by atomic mass is 10.1. The van der Waals surface area contributed by atoms with Gasteiger partial charge in [0.25, 0.3) is 5.91 Å². The van der Waals surface area contributed by atoms with Crippen molar-refractivity contribution in [3.63, 3.8) is 0 Å². The first kappa shape index (κ1) is 22.3. The van der Waals surface area contributed by atoms with Gasteiger partial charge >= 0.3 is 0 Å². The molecule has 2 heterocycles. The van der Waals surface area contributed by atoms with Crippen LogP contribution in [-0.4, -0.2) is 48.6 Å². The number of nitrogens with one attached hydrogen (secondary N) is 1. The minimum absolute atomic E-state index is 0.0736. The molecule has 0 aliphatic carbocycles. The van der Waals surface area contributed by atoms with Gasteiger partial charge < -0.3 is 15.0 Å². The number of aromatic nitrogens is 1. The molecule has 3 rings (SSSR count). The third kappa shape index (κ3) is 5.80. The summed E-state index contributed by atoms with van der Waals surface area (Å²) in [4.78, 5) is 23.9. The third-order valence-corrected chi connectivity index (χ3v) is 6.27. The van der Waals surface area contributed by atoms with Gasteiger partial charge in [-0.15, -0.1) is 11.3 Å². The van der Waals surface area contributed by atoms with Crippen LogP contribution in [0.4, 0.5) is 5.69 Å². The van der Waals surface area contributed by atoms with Crippen LogP contribution in [0.25, 0.3) is 15.4 Å². The minimum atomic E-state index is -0.0736. The predicted octanol–water partition coefficient (Wildman–Crippen LogP) is 4.92. The fraction of sp³-hybridized carbons (Fsp3) is 0.522. The van der Waals surface area contributed by atoms with Crippen molar-refractivity contribution in [2.75, 3.05) is 32.8 Å². The van der Waals surface area contributed by atoms with E-state index in [2.05, 4.69) is 33.9 Å². The lowest BCUT2D eigenvalue weighted by Crippen LogP contribution is -2.37. The first-order valence-electron chi connectivity index (χ1n) is 10.6. The van der Waals surface area contributed by atoms with Crippen molar-refractivity contribution in [3.8, 4) is 16.3 Å². The van der Waals surface area contributed by atoms with Crippen LogP contribution in [0, 0.1) is 19.4 Å². The van der Waals surface area contributed by atoms with Crippen LogP contribution in [0.3, 0.4) is 0 Å². The number of likely N-dealkylation sites (tertiary alicyclic amines) is 1. The zero-order chi connectivity index (χ0) is 21.5. The molecule has 7 heteroatoms. The summed E-state index contributed by atoms with van der Waals surface area (Å²) in [5, 5.41) is 3.78.